The van der Waals surface area contributed by atoms with Crippen molar-refractivity contribution in [1.82, 2.24) is 9.97 Å². The topological polar surface area (TPSA) is 90.4 Å². The van der Waals surface area contributed by atoms with Crippen molar-refractivity contribution in [3.63, 3.8) is 0 Å². The van der Waals surface area contributed by atoms with Gasteiger partial charge in [0.1, 0.15) is 21.9 Å². The molecule has 8 heteroatoms. The summed E-state index contributed by atoms with van der Waals surface area (Å²) < 4.78 is 10.0. The van der Waals surface area contributed by atoms with Gasteiger partial charge in [-0.15, -0.1) is 11.3 Å². The lowest BCUT2D eigenvalue weighted by Gasteiger charge is -2.08. The molecule has 3 aromatic rings. The molecule has 0 radical (unpaired) electrons. The summed E-state index contributed by atoms with van der Waals surface area (Å²) in [7, 11) is 1.34. The fourth-order valence-electron chi connectivity index (χ4n) is 2.57. The van der Waals surface area contributed by atoms with Gasteiger partial charge in [-0.05, 0) is 50.6 Å². The van der Waals surface area contributed by atoms with Crippen molar-refractivity contribution < 1.29 is 19.1 Å². The molecule has 1 aromatic carbocycles. The maximum atomic E-state index is 12.3. The Morgan fingerprint density at radius 2 is 1.81 bits per heavy atom. The number of hydrogen-bond acceptors (Lipinski definition) is 8. The van der Waals surface area contributed by atoms with Crippen LogP contribution in [-0.4, -0.2) is 35.1 Å². The van der Waals surface area contributed by atoms with Crippen LogP contribution in [0.25, 0.3) is 10.2 Å². The quantitative estimate of drug-likeness (QED) is 0.661. The lowest BCUT2D eigenvalue weighted by atomic mass is 10.2. The number of rotatable bonds is 5. The Morgan fingerprint density at radius 3 is 2.44 bits per heavy atom. The molecular weight excluding hydrogens is 366 g/mol. The summed E-state index contributed by atoms with van der Waals surface area (Å²) in [6.45, 7) is 5.47. The highest BCUT2D eigenvalue weighted by Crippen LogP contribution is 2.35. The maximum Gasteiger partial charge on any atom is 0.348 e. The number of esters is 2. The van der Waals surface area contributed by atoms with Crippen LogP contribution in [0.1, 0.15) is 39.4 Å². The molecule has 7 nitrogen and oxygen atoms in total. The van der Waals surface area contributed by atoms with Crippen molar-refractivity contribution in [3.8, 4) is 0 Å². The highest BCUT2D eigenvalue weighted by Gasteiger charge is 2.21. The second-order valence-corrected chi connectivity index (χ2v) is 7.11. The molecule has 140 valence electrons. The molecule has 0 aliphatic carbocycles. The summed E-state index contributed by atoms with van der Waals surface area (Å²) in [5.74, 6) is -0.171. The van der Waals surface area contributed by atoms with E-state index in [1.54, 1.807) is 24.3 Å². The lowest BCUT2D eigenvalue weighted by Crippen LogP contribution is -2.11. The molecule has 0 bridgehead atoms. The largest absolute Gasteiger partial charge is 0.465 e. The Hall–Kier alpha value is -3.00. The van der Waals surface area contributed by atoms with Gasteiger partial charge in [-0.2, -0.15) is 0 Å². The number of nitrogens with zero attached hydrogens (tertiary/aromatic N) is 2. The zero-order chi connectivity index (χ0) is 19.6. The third-order valence-electron chi connectivity index (χ3n) is 3.82. The minimum atomic E-state index is -0.395. The van der Waals surface area contributed by atoms with E-state index < -0.39 is 5.97 Å². The summed E-state index contributed by atoms with van der Waals surface area (Å²) in [5.41, 5.74) is 1.98. The normalized spacial score (nSPS) is 10.9. The van der Waals surface area contributed by atoms with Crippen LogP contribution in [0.3, 0.4) is 0 Å². The zero-order valence-electron chi connectivity index (χ0n) is 15.4. The van der Waals surface area contributed by atoms with Crippen LogP contribution < -0.4 is 5.32 Å². The standard InChI is InChI=1S/C19H19N3O4S/c1-10(2)26-19(24)15-11(3)14-16(20-9-21-17(14)27-15)22-13-7-5-12(6-8-13)18(23)25-4/h5-10H,1-4H3,(H,20,21,22). The first-order chi connectivity index (χ1) is 12.9. The molecular formula is C19H19N3O4S. The molecule has 1 N–H and O–H groups in total. The van der Waals surface area contributed by atoms with Crippen LogP contribution in [0.2, 0.25) is 0 Å². The number of anilines is 2. The Morgan fingerprint density at radius 1 is 1.11 bits per heavy atom. The van der Waals surface area contributed by atoms with E-state index in [1.165, 1.54) is 24.8 Å². The predicted octanol–water partition coefficient (Wildman–Crippen LogP) is 4.10. The zero-order valence-corrected chi connectivity index (χ0v) is 16.2. The molecule has 0 saturated heterocycles. The van der Waals surface area contributed by atoms with E-state index >= 15 is 0 Å². The van der Waals surface area contributed by atoms with E-state index in [-0.39, 0.29) is 12.1 Å². The van der Waals surface area contributed by atoms with Gasteiger partial charge in [0.25, 0.3) is 0 Å². The fraction of sp³-hybridized carbons (Fsp3) is 0.263. The summed E-state index contributed by atoms with van der Waals surface area (Å²) in [6, 6.07) is 6.85. The highest BCUT2D eigenvalue weighted by atomic mass is 32.1. The number of aromatic nitrogens is 2. The van der Waals surface area contributed by atoms with Gasteiger partial charge in [0.2, 0.25) is 0 Å². The molecule has 0 amide bonds. The van der Waals surface area contributed by atoms with Crippen LogP contribution >= 0.6 is 11.3 Å². The van der Waals surface area contributed by atoms with E-state index in [0.717, 1.165) is 16.6 Å². The number of benzene rings is 1. The number of carbonyl (C=O) groups is 2. The van der Waals surface area contributed by atoms with Gasteiger partial charge in [-0.1, -0.05) is 0 Å². The molecule has 0 atom stereocenters. The van der Waals surface area contributed by atoms with E-state index in [4.69, 9.17) is 9.47 Å². The molecule has 27 heavy (non-hydrogen) atoms. The van der Waals surface area contributed by atoms with Crippen LogP contribution in [-0.2, 0) is 9.47 Å². The van der Waals surface area contributed by atoms with E-state index in [0.29, 0.717) is 21.1 Å². The van der Waals surface area contributed by atoms with Gasteiger partial charge in [0, 0.05) is 5.69 Å². The summed E-state index contributed by atoms with van der Waals surface area (Å²) in [6.07, 6.45) is 1.25. The van der Waals surface area contributed by atoms with Crippen molar-refractivity contribution in [2.75, 3.05) is 12.4 Å². The lowest BCUT2D eigenvalue weighted by molar-refractivity contribution is 0.0382. The number of carbonyl (C=O) groups excluding carboxylic acids is 2. The minimum Gasteiger partial charge on any atom is -0.465 e. The molecule has 2 heterocycles. The van der Waals surface area contributed by atoms with Crippen LogP contribution in [0.15, 0.2) is 30.6 Å². The average Bonchev–Trinajstić information content (AvgIpc) is 2.99. The number of aryl methyl sites for hydroxylation is 1. The molecule has 0 aliphatic rings. The third kappa shape index (κ3) is 3.90. The van der Waals surface area contributed by atoms with Crippen molar-refractivity contribution in [2.45, 2.75) is 26.9 Å². The molecule has 0 saturated carbocycles. The molecule has 0 unspecified atom stereocenters. The molecule has 2 aromatic heterocycles. The third-order valence-corrected chi connectivity index (χ3v) is 5.00. The number of nitrogens with one attached hydrogen (secondary N) is 1. The summed E-state index contributed by atoms with van der Waals surface area (Å²) in [4.78, 5) is 33.7. The molecule has 0 spiro atoms. The molecule has 0 aliphatic heterocycles. The number of methoxy groups -OCH3 is 1. The number of fused-ring (bicyclic) bond motifs is 1. The Balaban J connectivity index is 1.94. The summed E-state index contributed by atoms with van der Waals surface area (Å²) >= 11 is 1.28. The van der Waals surface area contributed by atoms with Gasteiger partial charge < -0.3 is 14.8 Å². The number of hydrogen-bond donors (Lipinski definition) is 1. The van der Waals surface area contributed by atoms with Gasteiger partial charge in [-0.25, -0.2) is 19.6 Å². The first-order valence-corrected chi connectivity index (χ1v) is 9.12. The number of ether oxygens (including phenoxy) is 2. The smallest absolute Gasteiger partial charge is 0.348 e. The van der Waals surface area contributed by atoms with Crippen molar-refractivity contribution >= 4 is 45.0 Å². The van der Waals surface area contributed by atoms with Gasteiger partial charge in [0.05, 0.1) is 24.2 Å². The monoisotopic (exact) mass is 385 g/mol. The average molecular weight is 385 g/mol. The van der Waals surface area contributed by atoms with Crippen molar-refractivity contribution in [3.05, 3.63) is 46.6 Å². The van der Waals surface area contributed by atoms with Crippen LogP contribution in [0.5, 0.6) is 0 Å². The second-order valence-electron chi connectivity index (χ2n) is 6.11. The molecule has 3 rings (SSSR count). The Bertz CT molecular complexity index is 996. The summed E-state index contributed by atoms with van der Waals surface area (Å²) in [5, 5.41) is 3.99. The van der Waals surface area contributed by atoms with Crippen LogP contribution in [0.4, 0.5) is 11.5 Å². The fourth-order valence-corrected chi connectivity index (χ4v) is 3.60. The Kier molecular flexibility index (Phi) is 5.36. The number of thiophene rings is 1. The van der Waals surface area contributed by atoms with Crippen molar-refractivity contribution in [2.24, 2.45) is 0 Å². The first-order valence-electron chi connectivity index (χ1n) is 8.31. The van der Waals surface area contributed by atoms with Crippen molar-refractivity contribution in [1.29, 1.82) is 0 Å². The Labute approximate surface area is 160 Å². The highest BCUT2D eigenvalue weighted by molar-refractivity contribution is 7.20. The second kappa shape index (κ2) is 7.71. The van der Waals surface area contributed by atoms with E-state index in [2.05, 4.69) is 15.3 Å². The predicted molar refractivity (Wildman–Crippen MR) is 104 cm³/mol. The van der Waals surface area contributed by atoms with Gasteiger partial charge >= 0.3 is 11.9 Å². The van der Waals surface area contributed by atoms with Gasteiger partial charge in [0.15, 0.2) is 0 Å². The maximum absolute atomic E-state index is 12.3. The SMILES string of the molecule is COC(=O)c1ccc(Nc2ncnc3sc(C(=O)OC(C)C)c(C)c23)cc1. The minimum absolute atomic E-state index is 0.195. The first kappa shape index (κ1) is 18.8. The molecule has 0 fully saturated rings. The van der Waals surface area contributed by atoms with E-state index in [1.807, 2.05) is 20.8 Å². The van der Waals surface area contributed by atoms with E-state index in [9.17, 15) is 9.59 Å². The van der Waals surface area contributed by atoms with Gasteiger partial charge in [-0.3, -0.25) is 0 Å². The van der Waals surface area contributed by atoms with Crippen LogP contribution in [0, 0.1) is 6.92 Å².